The van der Waals surface area contributed by atoms with Crippen molar-refractivity contribution in [1.29, 1.82) is 0 Å². The average Bonchev–Trinajstić information content (AvgIpc) is 2.99. The first-order chi connectivity index (χ1) is 11.0. The third kappa shape index (κ3) is 2.23. The minimum Gasteiger partial charge on any atom is -0.275 e. The lowest BCUT2D eigenvalue weighted by Gasteiger charge is -2.08. The van der Waals surface area contributed by atoms with E-state index in [2.05, 4.69) is 10.2 Å². The van der Waals surface area contributed by atoms with Crippen LogP contribution in [-0.4, -0.2) is 14.6 Å². The number of rotatable bonds is 1. The van der Waals surface area contributed by atoms with Gasteiger partial charge in [-0.05, 0) is 35.7 Å². The van der Waals surface area contributed by atoms with Gasteiger partial charge < -0.3 is 0 Å². The highest BCUT2D eigenvalue weighted by molar-refractivity contribution is 5.83. The molecule has 3 nitrogen and oxygen atoms in total. The Bertz CT molecular complexity index is 1000. The number of fused-ring (bicyclic) bond motifs is 3. The predicted molar refractivity (Wildman–Crippen MR) is 80.9 cm³/mol. The van der Waals surface area contributed by atoms with E-state index in [0.29, 0.717) is 17.0 Å². The van der Waals surface area contributed by atoms with Crippen molar-refractivity contribution >= 4 is 16.6 Å². The number of pyridine rings is 1. The van der Waals surface area contributed by atoms with Gasteiger partial charge in [0.25, 0.3) is 0 Å². The Morgan fingerprint density at radius 2 is 1.52 bits per heavy atom. The number of nitrogens with zero attached hydrogens (tertiary/aromatic N) is 3. The fraction of sp³-hybridized carbons (Fsp3) is 0.0588. The summed E-state index contributed by atoms with van der Waals surface area (Å²) in [6.07, 6.45) is -4.35. The molecule has 2 aromatic carbocycles. The van der Waals surface area contributed by atoms with Crippen molar-refractivity contribution in [2.45, 2.75) is 6.18 Å². The standard InChI is InChI=1S/C17H10F3N3/c18-17(19,20)13-8-5-12(6-9-13)16-22-21-15-10-7-11-3-1-2-4-14(11)23(15)16/h1-10H. The van der Waals surface area contributed by atoms with Gasteiger partial charge in [0.15, 0.2) is 11.5 Å². The Morgan fingerprint density at radius 1 is 0.783 bits per heavy atom. The van der Waals surface area contributed by atoms with E-state index < -0.39 is 11.7 Å². The number of benzene rings is 2. The van der Waals surface area contributed by atoms with Crippen molar-refractivity contribution < 1.29 is 13.2 Å². The summed E-state index contributed by atoms with van der Waals surface area (Å²) in [5, 5.41) is 9.25. The highest BCUT2D eigenvalue weighted by Gasteiger charge is 2.30. The van der Waals surface area contributed by atoms with E-state index in [1.54, 1.807) is 0 Å². The quantitative estimate of drug-likeness (QED) is 0.515. The first-order valence-electron chi connectivity index (χ1n) is 6.94. The average molecular weight is 313 g/mol. The third-order valence-electron chi connectivity index (χ3n) is 3.75. The van der Waals surface area contributed by atoms with Crippen LogP contribution in [0.3, 0.4) is 0 Å². The maximum Gasteiger partial charge on any atom is 0.416 e. The van der Waals surface area contributed by atoms with Gasteiger partial charge in [0.2, 0.25) is 0 Å². The molecule has 4 aromatic rings. The largest absolute Gasteiger partial charge is 0.416 e. The summed E-state index contributed by atoms with van der Waals surface area (Å²) >= 11 is 0. The molecule has 4 rings (SSSR count). The number of para-hydroxylation sites is 1. The molecule has 0 bridgehead atoms. The Kier molecular flexibility index (Phi) is 2.87. The minimum absolute atomic E-state index is 0.519. The molecule has 0 atom stereocenters. The van der Waals surface area contributed by atoms with E-state index in [-0.39, 0.29) is 0 Å². The molecule has 23 heavy (non-hydrogen) atoms. The fourth-order valence-electron chi connectivity index (χ4n) is 2.63. The second kappa shape index (κ2) is 4.81. The monoisotopic (exact) mass is 313 g/mol. The summed E-state index contributed by atoms with van der Waals surface area (Å²) in [5.41, 5.74) is 1.46. The van der Waals surface area contributed by atoms with Gasteiger partial charge >= 0.3 is 6.18 Å². The van der Waals surface area contributed by atoms with Crippen molar-refractivity contribution in [2.75, 3.05) is 0 Å². The van der Waals surface area contributed by atoms with Crippen molar-refractivity contribution in [2.24, 2.45) is 0 Å². The number of hydrogen-bond donors (Lipinski definition) is 0. The molecule has 0 spiro atoms. The van der Waals surface area contributed by atoms with Crippen LogP contribution in [0, 0.1) is 0 Å². The van der Waals surface area contributed by atoms with Crippen LogP contribution in [0.2, 0.25) is 0 Å². The normalized spacial score (nSPS) is 12.1. The van der Waals surface area contributed by atoms with Gasteiger partial charge in [-0.1, -0.05) is 30.3 Å². The summed E-state index contributed by atoms with van der Waals surface area (Å²) in [5.74, 6) is 0.519. The molecule has 0 aliphatic heterocycles. The molecule has 0 aliphatic carbocycles. The molecule has 6 heteroatoms. The maximum atomic E-state index is 12.7. The van der Waals surface area contributed by atoms with Crippen molar-refractivity contribution in [3.63, 3.8) is 0 Å². The summed E-state index contributed by atoms with van der Waals surface area (Å²) in [4.78, 5) is 0. The zero-order chi connectivity index (χ0) is 16.0. The highest BCUT2D eigenvalue weighted by atomic mass is 19.4. The first kappa shape index (κ1) is 13.8. The molecule has 0 radical (unpaired) electrons. The van der Waals surface area contributed by atoms with Crippen LogP contribution in [0.25, 0.3) is 27.9 Å². The van der Waals surface area contributed by atoms with E-state index in [1.165, 1.54) is 12.1 Å². The zero-order valence-corrected chi connectivity index (χ0v) is 11.7. The van der Waals surface area contributed by atoms with Gasteiger partial charge in [-0.2, -0.15) is 13.2 Å². The van der Waals surface area contributed by atoms with Gasteiger partial charge in [-0.25, -0.2) is 0 Å². The van der Waals surface area contributed by atoms with Crippen LogP contribution >= 0.6 is 0 Å². The molecule has 114 valence electrons. The summed E-state index contributed by atoms with van der Waals surface area (Å²) in [7, 11) is 0. The SMILES string of the molecule is FC(F)(F)c1ccc(-c2nnc3ccc4ccccc4n23)cc1. The van der Waals surface area contributed by atoms with E-state index in [0.717, 1.165) is 23.0 Å². The summed E-state index contributed by atoms with van der Waals surface area (Å²) in [6, 6.07) is 16.4. The molecule has 0 aliphatic rings. The molecular weight excluding hydrogens is 303 g/mol. The van der Waals surface area contributed by atoms with Crippen LogP contribution in [0.15, 0.2) is 60.7 Å². The van der Waals surface area contributed by atoms with Gasteiger partial charge in [0, 0.05) is 5.56 Å². The number of hydrogen-bond acceptors (Lipinski definition) is 2. The Balaban J connectivity index is 1.94. The van der Waals surface area contributed by atoms with Gasteiger partial charge in [-0.3, -0.25) is 4.40 Å². The number of aromatic nitrogens is 3. The Hall–Kier alpha value is -2.89. The molecular formula is C17H10F3N3. The second-order valence-corrected chi connectivity index (χ2v) is 5.18. The third-order valence-corrected chi connectivity index (χ3v) is 3.75. The Labute approximate surface area is 129 Å². The first-order valence-corrected chi connectivity index (χ1v) is 6.94. The van der Waals surface area contributed by atoms with Crippen LogP contribution in [0.4, 0.5) is 13.2 Å². The Morgan fingerprint density at radius 3 is 2.26 bits per heavy atom. The lowest BCUT2D eigenvalue weighted by molar-refractivity contribution is -0.137. The van der Waals surface area contributed by atoms with Crippen molar-refractivity contribution in [3.8, 4) is 11.4 Å². The predicted octanol–water partition coefficient (Wildman–Crippen LogP) is 4.57. The van der Waals surface area contributed by atoms with E-state index in [9.17, 15) is 13.2 Å². The number of alkyl halides is 3. The molecule has 0 unspecified atom stereocenters. The van der Waals surface area contributed by atoms with Crippen LogP contribution < -0.4 is 0 Å². The van der Waals surface area contributed by atoms with Crippen LogP contribution in [0.1, 0.15) is 5.56 Å². The minimum atomic E-state index is -4.35. The lowest BCUT2D eigenvalue weighted by atomic mass is 10.1. The molecule has 0 fully saturated rings. The summed E-state index contributed by atoms with van der Waals surface area (Å²) in [6.45, 7) is 0. The molecule has 2 heterocycles. The molecule has 2 aromatic heterocycles. The van der Waals surface area contributed by atoms with Gasteiger partial charge in [0.1, 0.15) is 0 Å². The van der Waals surface area contributed by atoms with Gasteiger partial charge in [-0.15, -0.1) is 10.2 Å². The fourth-order valence-corrected chi connectivity index (χ4v) is 2.63. The topological polar surface area (TPSA) is 30.2 Å². The van der Waals surface area contributed by atoms with Crippen molar-refractivity contribution in [1.82, 2.24) is 14.6 Å². The molecule has 0 amide bonds. The maximum absolute atomic E-state index is 12.7. The molecule has 0 N–H and O–H groups in total. The molecule has 0 saturated heterocycles. The van der Waals surface area contributed by atoms with E-state index in [4.69, 9.17) is 0 Å². The zero-order valence-electron chi connectivity index (χ0n) is 11.7. The lowest BCUT2D eigenvalue weighted by Crippen LogP contribution is -2.04. The van der Waals surface area contributed by atoms with Crippen LogP contribution in [-0.2, 0) is 6.18 Å². The number of halogens is 3. The van der Waals surface area contributed by atoms with Crippen LogP contribution in [0.5, 0.6) is 0 Å². The summed E-state index contributed by atoms with van der Waals surface area (Å²) < 4.78 is 39.9. The van der Waals surface area contributed by atoms with Crippen molar-refractivity contribution in [3.05, 3.63) is 66.2 Å². The smallest absolute Gasteiger partial charge is 0.275 e. The highest BCUT2D eigenvalue weighted by Crippen LogP contribution is 2.31. The van der Waals surface area contributed by atoms with E-state index in [1.807, 2.05) is 40.8 Å². The second-order valence-electron chi connectivity index (χ2n) is 5.18. The van der Waals surface area contributed by atoms with Gasteiger partial charge in [0.05, 0.1) is 11.1 Å². The van der Waals surface area contributed by atoms with E-state index >= 15 is 0 Å². The molecule has 0 saturated carbocycles.